The van der Waals surface area contributed by atoms with Crippen LogP contribution in [0.2, 0.25) is 0 Å². The van der Waals surface area contributed by atoms with Gasteiger partial charge in [-0.15, -0.1) is 11.3 Å². The van der Waals surface area contributed by atoms with Crippen LogP contribution in [0, 0.1) is 6.92 Å². The third kappa shape index (κ3) is 1.64. The Kier molecular flexibility index (Phi) is 2.18. The van der Waals surface area contributed by atoms with Crippen molar-refractivity contribution in [3.63, 3.8) is 0 Å². The van der Waals surface area contributed by atoms with Crippen molar-refractivity contribution >= 4 is 21.7 Å². The Hall–Kier alpha value is -1.00. The van der Waals surface area contributed by atoms with E-state index in [0.717, 1.165) is 12.2 Å². The Balaban J connectivity index is 2.05. The monoisotopic (exact) mass is 219 g/mol. The predicted molar refractivity (Wildman–Crippen MR) is 62.1 cm³/mol. The number of thiazole rings is 1. The van der Waals surface area contributed by atoms with Crippen LogP contribution in [0.4, 0.5) is 0 Å². The van der Waals surface area contributed by atoms with Crippen molar-refractivity contribution in [3.8, 4) is 0 Å². The maximum atomic E-state index is 4.58. The van der Waals surface area contributed by atoms with Gasteiger partial charge in [0.2, 0.25) is 0 Å². The van der Waals surface area contributed by atoms with Gasteiger partial charge in [0, 0.05) is 6.20 Å². The summed E-state index contributed by atoms with van der Waals surface area (Å²) in [7, 11) is 0. The zero-order valence-electron chi connectivity index (χ0n) is 8.66. The average Bonchev–Trinajstić information content (AvgIpc) is 2.84. The summed E-state index contributed by atoms with van der Waals surface area (Å²) in [5.74, 6) is 0. The second kappa shape index (κ2) is 3.54. The van der Waals surface area contributed by atoms with Crippen molar-refractivity contribution in [1.82, 2.24) is 15.3 Å². The van der Waals surface area contributed by atoms with E-state index in [1.165, 1.54) is 28.1 Å². The molecule has 78 valence electrons. The molecule has 4 heteroatoms. The van der Waals surface area contributed by atoms with Gasteiger partial charge in [-0.2, -0.15) is 0 Å². The second-order valence-corrected chi connectivity index (χ2v) is 5.10. The first-order valence-corrected chi connectivity index (χ1v) is 6.11. The molecule has 3 rings (SSSR count). The molecule has 1 unspecified atom stereocenters. The van der Waals surface area contributed by atoms with Gasteiger partial charge in [0.05, 0.1) is 10.7 Å². The van der Waals surface area contributed by atoms with Crippen LogP contribution in [-0.2, 0) is 0 Å². The van der Waals surface area contributed by atoms with Gasteiger partial charge >= 0.3 is 0 Å². The van der Waals surface area contributed by atoms with Crippen molar-refractivity contribution in [2.24, 2.45) is 0 Å². The molecule has 1 aliphatic heterocycles. The summed E-state index contributed by atoms with van der Waals surface area (Å²) in [4.78, 5) is 8.93. The molecule has 0 spiro atoms. The molecule has 1 saturated heterocycles. The lowest BCUT2D eigenvalue weighted by Crippen LogP contribution is -2.12. The minimum atomic E-state index is 0.463. The summed E-state index contributed by atoms with van der Waals surface area (Å²) in [6.07, 6.45) is 4.35. The summed E-state index contributed by atoms with van der Waals surface area (Å²) in [6, 6.07) is 2.63. The molecular weight excluding hydrogens is 206 g/mol. The number of aryl methyl sites for hydroxylation is 1. The Morgan fingerprint density at radius 1 is 1.53 bits per heavy atom. The molecule has 15 heavy (non-hydrogen) atoms. The summed E-state index contributed by atoms with van der Waals surface area (Å²) < 4.78 is 1.21. The van der Waals surface area contributed by atoms with Crippen LogP contribution < -0.4 is 5.32 Å². The fraction of sp³-hybridized carbons (Fsp3) is 0.455. The Morgan fingerprint density at radius 2 is 2.47 bits per heavy atom. The van der Waals surface area contributed by atoms with Gasteiger partial charge in [0.1, 0.15) is 5.01 Å². The smallest absolute Gasteiger partial charge is 0.170 e. The Bertz CT molecular complexity index is 486. The first-order valence-electron chi connectivity index (χ1n) is 5.29. The molecule has 2 aromatic rings. The van der Waals surface area contributed by atoms with Crippen molar-refractivity contribution in [3.05, 3.63) is 22.8 Å². The highest BCUT2D eigenvalue weighted by Gasteiger charge is 2.20. The molecule has 1 N–H and O–H groups in total. The molecular formula is C11H13N3S. The van der Waals surface area contributed by atoms with Crippen LogP contribution in [0.15, 0.2) is 12.3 Å². The largest absolute Gasteiger partial charge is 0.308 e. The van der Waals surface area contributed by atoms with E-state index < -0.39 is 0 Å². The molecule has 1 fully saturated rings. The third-order valence-corrected chi connectivity index (χ3v) is 3.86. The molecule has 2 aromatic heterocycles. The molecule has 3 heterocycles. The van der Waals surface area contributed by atoms with Crippen LogP contribution in [-0.4, -0.2) is 16.5 Å². The normalized spacial score (nSPS) is 21.3. The standard InChI is InChI=1S/C11H13N3S/c1-7-5-9-10(13-6-7)14-11(15-9)8-3-2-4-12-8/h5-6,8,12H,2-4H2,1H3. The maximum Gasteiger partial charge on any atom is 0.170 e. The van der Waals surface area contributed by atoms with Crippen LogP contribution in [0.25, 0.3) is 10.3 Å². The quantitative estimate of drug-likeness (QED) is 0.800. The highest BCUT2D eigenvalue weighted by atomic mass is 32.1. The van der Waals surface area contributed by atoms with Crippen molar-refractivity contribution < 1.29 is 0 Å². The van der Waals surface area contributed by atoms with Crippen molar-refractivity contribution in [2.75, 3.05) is 6.54 Å². The first kappa shape index (κ1) is 9.24. The first-order chi connectivity index (χ1) is 7.33. The lowest BCUT2D eigenvalue weighted by atomic mass is 10.2. The topological polar surface area (TPSA) is 37.8 Å². The van der Waals surface area contributed by atoms with Crippen LogP contribution in [0.1, 0.15) is 29.5 Å². The lowest BCUT2D eigenvalue weighted by Gasteiger charge is -2.03. The summed E-state index contributed by atoms with van der Waals surface area (Å²) in [6.45, 7) is 3.19. The van der Waals surface area contributed by atoms with E-state index in [1.54, 1.807) is 11.3 Å². The van der Waals surface area contributed by atoms with Crippen LogP contribution >= 0.6 is 11.3 Å². The molecule has 0 saturated carbocycles. The summed E-state index contributed by atoms with van der Waals surface area (Å²) >= 11 is 1.77. The van der Waals surface area contributed by atoms with E-state index in [0.29, 0.717) is 6.04 Å². The van der Waals surface area contributed by atoms with Crippen molar-refractivity contribution in [1.29, 1.82) is 0 Å². The number of rotatable bonds is 1. The second-order valence-electron chi connectivity index (χ2n) is 4.04. The van der Waals surface area contributed by atoms with E-state index in [9.17, 15) is 0 Å². The fourth-order valence-corrected chi connectivity index (χ4v) is 3.11. The highest BCUT2D eigenvalue weighted by molar-refractivity contribution is 7.18. The number of nitrogens with one attached hydrogen (secondary N) is 1. The van der Waals surface area contributed by atoms with Crippen molar-refractivity contribution in [2.45, 2.75) is 25.8 Å². The predicted octanol–water partition coefficient (Wildman–Crippen LogP) is 2.42. The number of aromatic nitrogens is 2. The summed E-state index contributed by atoms with van der Waals surface area (Å²) in [5, 5.41) is 4.66. The third-order valence-electron chi connectivity index (χ3n) is 2.76. The Morgan fingerprint density at radius 3 is 3.27 bits per heavy atom. The van der Waals surface area contributed by atoms with Gasteiger partial charge in [-0.3, -0.25) is 0 Å². The van der Waals surface area contributed by atoms with Gasteiger partial charge < -0.3 is 5.32 Å². The van der Waals surface area contributed by atoms with Gasteiger partial charge in [0.15, 0.2) is 5.65 Å². The number of hydrogen-bond acceptors (Lipinski definition) is 4. The molecule has 1 aliphatic rings. The number of hydrogen-bond donors (Lipinski definition) is 1. The lowest BCUT2D eigenvalue weighted by molar-refractivity contribution is 0.644. The number of fused-ring (bicyclic) bond motifs is 1. The Labute approximate surface area is 92.6 Å². The van der Waals surface area contributed by atoms with E-state index in [4.69, 9.17) is 0 Å². The minimum absolute atomic E-state index is 0.463. The highest BCUT2D eigenvalue weighted by Crippen LogP contribution is 2.30. The molecule has 0 bridgehead atoms. The van der Waals surface area contributed by atoms with E-state index in [1.807, 2.05) is 6.20 Å². The molecule has 0 aliphatic carbocycles. The molecule has 0 radical (unpaired) electrons. The van der Waals surface area contributed by atoms with E-state index in [-0.39, 0.29) is 0 Å². The SMILES string of the molecule is Cc1cnc2nc(C3CCCN3)sc2c1. The molecule has 0 amide bonds. The van der Waals surface area contributed by atoms with Gasteiger partial charge in [-0.25, -0.2) is 9.97 Å². The number of pyridine rings is 1. The van der Waals surface area contributed by atoms with Gasteiger partial charge in [-0.1, -0.05) is 0 Å². The minimum Gasteiger partial charge on any atom is -0.308 e. The van der Waals surface area contributed by atoms with Crippen LogP contribution in [0.3, 0.4) is 0 Å². The zero-order chi connectivity index (χ0) is 10.3. The average molecular weight is 219 g/mol. The number of nitrogens with zero attached hydrogens (tertiary/aromatic N) is 2. The molecule has 0 aromatic carbocycles. The van der Waals surface area contributed by atoms with Gasteiger partial charge in [-0.05, 0) is 37.9 Å². The fourth-order valence-electron chi connectivity index (χ4n) is 1.98. The molecule has 1 atom stereocenters. The van der Waals surface area contributed by atoms with Gasteiger partial charge in [0.25, 0.3) is 0 Å². The zero-order valence-corrected chi connectivity index (χ0v) is 9.47. The van der Waals surface area contributed by atoms with Crippen LogP contribution in [0.5, 0.6) is 0 Å². The van der Waals surface area contributed by atoms with E-state index in [2.05, 4.69) is 28.3 Å². The van der Waals surface area contributed by atoms with E-state index >= 15 is 0 Å². The maximum absolute atomic E-state index is 4.58. The summed E-state index contributed by atoms with van der Waals surface area (Å²) in [5.41, 5.74) is 2.10. The molecule has 3 nitrogen and oxygen atoms in total.